The van der Waals surface area contributed by atoms with Gasteiger partial charge in [0.05, 0.1) is 5.56 Å². The summed E-state index contributed by atoms with van der Waals surface area (Å²) >= 11 is 0. The van der Waals surface area contributed by atoms with Gasteiger partial charge < -0.3 is 25.2 Å². The normalized spacial score (nSPS) is 16.4. The van der Waals surface area contributed by atoms with Crippen LogP contribution in [0, 0.1) is 0 Å². The van der Waals surface area contributed by atoms with Crippen molar-refractivity contribution in [3.8, 4) is 28.7 Å². The highest BCUT2D eigenvalue weighted by Gasteiger charge is 2.35. The maximum absolute atomic E-state index is 13.1. The Morgan fingerprint density at radius 2 is 1.44 bits per heavy atom. The van der Waals surface area contributed by atoms with Crippen LogP contribution in [-0.4, -0.2) is 26.2 Å². The van der Waals surface area contributed by atoms with Crippen molar-refractivity contribution >= 4 is 5.78 Å². The second kappa shape index (κ2) is 13.4. The van der Waals surface area contributed by atoms with Crippen molar-refractivity contribution in [1.82, 2.24) is 0 Å². The summed E-state index contributed by atoms with van der Waals surface area (Å²) in [6, 6.07) is 14.4. The number of fused-ring (bicyclic) bond motifs is 1. The predicted octanol–water partition coefficient (Wildman–Crippen LogP) is 8.27. The van der Waals surface area contributed by atoms with E-state index in [2.05, 4.69) is 6.92 Å². The number of aromatic hydroxyl groups is 4. The smallest absolute Gasteiger partial charge is 0.166 e. The zero-order valence-electron chi connectivity index (χ0n) is 22.7. The number of rotatable bonds is 13. The number of hydrogen-bond acceptors (Lipinski definition) is 6. The summed E-state index contributed by atoms with van der Waals surface area (Å²) in [7, 11) is 0. The Morgan fingerprint density at radius 3 is 2.13 bits per heavy atom. The summed E-state index contributed by atoms with van der Waals surface area (Å²) in [5, 5.41) is 42.0. The standard InChI is InChI=1S/C33H40O6/c1-2-3-4-5-6-7-8-9-10-11-28(36)26-18-19-29(37)32(33(26)38)27-21-30(22-12-14-23(34)15-13-22)39-31-20-24(35)16-17-25(27)31/h12-20,27,30,34-35,37-38H,2-11,21H2,1H3. The molecule has 4 N–H and O–H groups in total. The molecule has 0 spiro atoms. The molecule has 39 heavy (non-hydrogen) atoms. The van der Waals surface area contributed by atoms with Crippen molar-refractivity contribution < 1.29 is 30.0 Å². The highest BCUT2D eigenvalue weighted by atomic mass is 16.5. The zero-order valence-corrected chi connectivity index (χ0v) is 22.7. The summed E-state index contributed by atoms with van der Waals surface area (Å²) in [6.45, 7) is 2.22. The Labute approximate surface area is 230 Å². The summed E-state index contributed by atoms with van der Waals surface area (Å²) in [5.74, 6) is -0.295. The van der Waals surface area contributed by atoms with E-state index in [4.69, 9.17) is 4.74 Å². The van der Waals surface area contributed by atoms with Gasteiger partial charge in [-0.05, 0) is 48.7 Å². The van der Waals surface area contributed by atoms with Crippen LogP contribution >= 0.6 is 0 Å². The molecule has 3 aromatic carbocycles. The van der Waals surface area contributed by atoms with Gasteiger partial charge in [0, 0.05) is 29.5 Å². The third kappa shape index (κ3) is 7.05. The third-order valence-electron chi connectivity index (χ3n) is 7.71. The Bertz CT molecular complexity index is 1250. The first-order valence-electron chi connectivity index (χ1n) is 14.3. The largest absolute Gasteiger partial charge is 0.508 e. The maximum atomic E-state index is 13.1. The molecule has 6 nitrogen and oxygen atoms in total. The van der Waals surface area contributed by atoms with Crippen molar-refractivity contribution in [1.29, 1.82) is 0 Å². The van der Waals surface area contributed by atoms with Crippen LogP contribution in [0.2, 0.25) is 0 Å². The van der Waals surface area contributed by atoms with Gasteiger partial charge in [0.1, 0.15) is 34.9 Å². The quantitative estimate of drug-likeness (QED) is 0.130. The lowest BCUT2D eigenvalue weighted by Gasteiger charge is -2.33. The number of phenols is 4. The van der Waals surface area contributed by atoms with Crippen molar-refractivity contribution in [3.05, 3.63) is 76.9 Å². The average molecular weight is 533 g/mol. The number of ketones is 1. The van der Waals surface area contributed by atoms with Crippen LogP contribution in [0.1, 0.15) is 117 Å². The van der Waals surface area contributed by atoms with Crippen LogP contribution in [0.3, 0.4) is 0 Å². The number of ether oxygens (including phenoxy) is 1. The lowest BCUT2D eigenvalue weighted by atomic mass is 9.80. The number of hydrogen-bond donors (Lipinski definition) is 4. The SMILES string of the molecule is CCCCCCCCCCCC(=O)c1ccc(O)c(C2CC(c3ccc(O)cc3)Oc3cc(O)ccc32)c1O. The van der Waals surface area contributed by atoms with E-state index in [-0.39, 0.29) is 39.9 Å². The minimum absolute atomic E-state index is 0.0391. The number of Topliss-reactive ketones (excluding diaryl/α,β-unsaturated/α-hetero) is 1. The molecule has 0 saturated carbocycles. The van der Waals surface area contributed by atoms with Crippen LogP contribution < -0.4 is 4.74 Å². The molecule has 0 radical (unpaired) electrons. The Morgan fingerprint density at radius 1 is 0.795 bits per heavy atom. The molecule has 0 saturated heterocycles. The van der Waals surface area contributed by atoms with E-state index < -0.39 is 12.0 Å². The van der Waals surface area contributed by atoms with Gasteiger partial charge in [-0.3, -0.25) is 4.79 Å². The molecule has 0 bridgehead atoms. The van der Waals surface area contributed by atoms with Crippen LogP contribution in [0.4, 0.5) is 0 Å². The summed E-state index contributed by atoms with van der Waals surface area (Å²) in [5.41, 5.74) is 2.02. The molecule has 2 atom stereocenters. The molecule has 4 rings (SSSR count). The van der Waals surface area contributed by atoms with Gasteiger partial charge in [-0.2, -0.15) is 0 Å². The van der Waals surface area contributed by atoms with Crippen molar-refractivity contribution in [2.75, 3.05) is 0 Å². The van der Waals surface area contributed by atoms with E-state index in [1.807, 2.05) is 0 Å². The van der Waals surface area contributed by atoms with E-state index in [1.165, 1.54) is 56.7 Å². The predicted molar refractivity (Wildman–Crippen MR) is 152 cm³/mol. The molecule has 0 aromatic heterocycles. The van der Waals surface area contributed by atoms with Crippen molar-refractivity contribution in [2.45, 2.75) is 89.6 Å². The lowest BCUT2D eigenvalue weighted by molar-refractivity contribution is 0.0976. The monoisotopic (exact) mass is 532 g/mol. The highest BCUT2D eigenvalue weighted by molar-refractivity contribution is 5.99. The Balaban J connectivity index is 1.50. The average Bonchev–Trinajstić information content (AvgIpc) is 2.92. The van der Waals surface area contributed by atoms with Gasteiger partial charge >= 0.3 is 0 Å². The molecule has 1 heterocycles. The topological polar surface area (TPSA) is 107 Å². The summed E-state index contributed by atoms with van der Waals surface area (Å²) in [4.78, 5) is 13.1. The maximum Gasteiger partial charge on any atom is 0.166 e. The lowest BCUT2D eigenvalue weighted by Crippen LogP contribution is -2.20. The number of carbonyl (C=O) groups excluding carboxylic acids is 1. The van der Waals surface area contributed by atoms with Gasteiger partial charge in [-0.1, -0.05) is 76.5 Å². The van der Waals surface area contributed by atoms with Crippen LogP contribution in [0.25, 0.3) is 0 Å². The summed E-state index contributed by atoms with van der Waals surface area (Å²) in [6.07, 6.45) is 10.7. The second-order valence-corrected chi connectivity index (χ2v) is 10.6. The first-order chi connectivity index (χ1) is 18.9. The number of phenolic OH excluding ortho intramolecular Hbond substituents is 4. The van der Waals surface area contributed by atoms with Crippen LogP contribution in [-0.2, 0) is 0 Å². The minimum atomic E-state index is -0.478. The molecule has 2 unspecified atom stereocenters. The molecular formula is C33H40O6. The van der Waals surface area contributed by atoms with E-state index in [0.717, 1.165) is 24.8 Å². The number of carbonyl (C=O) groups is 1. The summed E-state index contributed by atoms with van der Waals surface area (Å²) < 4.78 is 6.19. The third-order valence-corrected chi connectivity index (χ3v) is 7.71. The Kier molecular flexibility index (Phi) is 9.74. The van der Waals surface area contributed by atoms with E-state index in [1.54, 1.807) is 36.4 Å². The highest BCUT2D eigenvalue weighted by Crippen LogP contribution is 2.51. The van der Waals surface area contributed by atoms with Gasteiger partial charge in [0.15, 0.2) is 5.78 Å². The van der Waals surface area contributed by atoms with Gasteiger partial charge in [0.25, 0.3) is 0 Å². The van der Waals surface area contributed by atoms with Crippen LogP contribution in [0.15, 0.2) is 54.6 Å². The molecule has 6 heteroatoms. The molecular weight excluding hydrogens is 492 g/mol. The van der Waals surface area contributed by atoms with Crippen LogP contribution in [0.5, 0.6) is 28.7 Å². The van der Waals surface area contributed by atoms with E-state index in [0.29, 0.717) is 24.2 Å². The van der Waals surface area contributed by atoms with E-state index >= 15 is 0 Å². The molecule has 0 aliphatic carbocycles. The first kappa shape index (κ1) is 28.3. The fourth-order valence-corrected chi connectivity index (χ4v) is 5.52. The Hall–Kier alpha value is -3.67. The molecule has 208 valence electrons. The second-order valence-electron chi connectivity index (χ2n) is 10.6. The van der Waals surface area contributed by atoms with Crippen molar-refractivity contribution in [3.63, 3.8) is 0 Å². The minimum Gasteiger partial charge on any atom is -0.508 e. The van der Waals surface area contributed by atoms with Gasteiger partial charge in [-0.25, -0.2) is 0 Å². The number of unbranched alkanes of at least 4 members (excludes halogenated alkanes) is 8. The first-order valence-corrected chi connectivity index (χ1v) is 14.3. The number of benzene rings is 3. The molecule has 1 aliphatic heterocycles. The molecule has 3 aromatic rings. The zero-order chi connectivity index (χ0) is 27.8. The molecule has 0 fully saturated rings. The van der Waals surface area contributed by atoms with Gasteiger partial charge in [0.2, 0.25) is 0 Å². The molecule has 0 amide bonds. The van der Waals surface area contributed by atoms with Gasteiger partial charge in [-0.15, -0.1) is 0 Å². The van der Waals surface area contributed by atoms with Crippen molar-refractivity contribution in [2.24, 2.45) is 0 Å². The van der Waals surface area contributed by atoms with E-state index in [9.17, 15) is 25.2 Å². The fraction of sp³-hybridized carbons (Fsp3) is 0.424. The molecule has 1 aliphatic rings. The fourth-order valence-electron chi connectivity index (χ4n) is 5.52.